The summed E-state index contributed by atoms with van der Waals surface area (Å²) >= 11 is 0. The van der Waals surface area contributed by atoms with Crippen molar-refractivity contribution < 1.29 is 27.9 Å². The zero-order valence-corrected chi connectivity index (χ0v) is 26.6. The van der Waals surface area contributed by atoms with E-state index in [9.17, 15) is 23.1 Å². The van der Waals surface area contributed by atoms with Gasteiger partial charge < -0.3 is 15.2 Å². The molecule has 0 heterocycles. The molecule has 2 aromatic carbocycles. The number of aliphatic hydroxyl groups is 1. The summed E-state index contributed by atoms with van der Waals surface area (Å²) in [5.74, 6) is -0.872. The van der Waals surface area contributed by atoms with Crippen LogP contribution in [0.25, 0.3) is 0 Å². The first-order valence-corrected chi connectivity index (χ1v) is 15.8. The quantitative estimate of drug-likeness (QED) is 0.199. The number of nitrogens with zero attached hydrogens (tertiary/aromatic N) is 2. The predicted molar refractivity (Wildman–Crippen MR) is 164 cm³/mol. The number of sulfonamides is 1. The van der Waals surface area contributed by atoms with Gasteiger partial charge in [0, 0.05) is 33.2 Å². The lowest BCUT2D eigenvalue weighted by Gasteiger charge is -2.38. The number of benzene rings is 2. The second-order valence-corrected chi connectivity index (χ2v) is 14.0. The Labute approximate surface area is 251 Å². The fourth-order valence-electron chi connectivity index (χ4n) is 4.42. The molecule has 0 aliphatic rings. The summed E-state index contributed by atoms with van der Waals surface area (Å²) < 4.78 is 33.6. The van der Waals surface area contributed by atoms with Crippen molar-refractivity contribution in [3.8, 4) is 0 Å². The van der Waals surface area contributed by atoms with Crippen molar-refractivity contribution in [1.29, 1.82) is 0 Å². The maximum atomic E-state index is 13.7. The molecule has 2 rings (SSSR count). The van der Waals surface area contributed by atoms with E-state index in [0.717, 1.165) is 5.56 Å². The zero-order valence-electron chi connectivity index (χ0n) is 25.7. The third-order valence-electron chi connectivity index (χ3n) is 6.37. The van der Waals surface area contributed by atoms with Crippen LogP contribution in [0.4, 0.5) is 0 Å². The molecule has 0 saturated carbocycles. The number of hydrazine groups is 1. The van der Waals surface area contributed by atoms with Crippen molar-refractivity contribution in [1.82, 2.24) is 20.1 Å². The predicted octanol–water partition coefficient (Wildman–Crippen LogP) is 2.84. The van der Waals surface area contributed by atoms with Crippen molar-refractivity contribution in [3.63, 3.8) is 0 Å². The van der Waals surface area contributed by atoms with E-state index in [1.54, 1.807) is 25.3 Å². The first kappa shape index (κ1) is 35.4. The molecule has 0 aliphatic heterocycles. The van der Waals surface area contributed by atoms with Crippen LogP contribution >= 0.6 is 0 Å². The van der Waals surface area contributed by atoms with Gasteiger partial charge in [0.15, 0.2) is 0 Å². The first-order valence-electron chi connectivity index (χ1n) is 14.3. The number of methoxy groups -OCH3 is 1. The SMILES string of the molecule is COCCNCC(=O)NN(C(=O)CC(C)(C)C)C(Cc1ccccc1)[C@H](O)CN(CC(C)C)S(=O)(=O)c1ccccc1. The molecule has 0 fully saturated rings. The highest BCUT2D eigenvalue weighted by Gasteiger charge is 2.36. The van der Waals surface area contributed by atoms with Gasteiger partial charge in [-0.2, -0.15) is 4.31 Å². The van der Waals surface area contributed by atoms with Gasteiger partial charge in [-0.15, -0.1) is 0 Å². The van der Waals surface area contributed by atoms with Crippen molar-refractivity contribution in [2.24, 2.45) is 11.3 Å². The second-order valence-electron chi connectivity index (χ2n) is 12.1. The van der Waals surface area contributed by atoms with Crippen molar-refractivity contribution >= 4 is 21.8 Å². The van der Waals surface area contributed by atoms with E-state index >= 15 is 0 Å². The first-order chi connectivity index (χ1) is 19.7. The smallest absolute Gasteiger partial charge is 0.252 e. The van der Waals surface area contributed by atoms with E-state index < -0.39 is 33.5 Å². The number of hydrogen-bond donors (Lipinski definition) is 3. The Morgan fingerprint density at radius 1 is 0.976 bits per heavy atom. The number of carbonyl (C=O) groups excluding carboxylic acids is 2. The van der Waals surface area contributed by atoms with Crippen LogP contribution in [0.3, 0.4) is 0 Å². The van der Waals surface area contributed by atoms with E-state index in [2.05, 4.69) is 10.7 Å². The van der Waals surface area contributed by atoms with Gasteiger partial charge in [0.25, 0.3) is 5.91 Å². The Hall–Kier alpha value is -2.83. The molecule has 11 heteroatoms. The summed E-state index contributed by atoms with van der Waals surface area (Å²) in [5.41, 5.74) is 3.14. The summed E-state index contributed by atoms with van der Waals surface area (Å²) in [6, 6.07) is 16.4. The Morgan fingerprint density at radius 2 is 1.57 bits per heavy atom. The minimum atomic E-state index is -3.95. The summed E-state index contributed by atoms with van der Waals surface area (Å²) in [6.45, 7) is 10.2. The van der Waals surface area contributed by atoms with Gasteiger partial charge in [0.2, 0.25) is 15.9 Å². The van der Waals surface area contributed by atoms with Crippen LogP contribution in [0.15, 0.2) is 65.6 Å². The highest BCUT2D eigenvalue weighted by molar-refractivity contribution is 7.89. The molecule has 0 radical (unpaired) electrons. The summed E-state index contributed by atoms with van der Waals surface area (Å²) in [5, 5.41) is 15.9. The van der Waals surface area contributed by atoms with Crippen LogP contribution in [0.1, 0.15) is 46.6 Å². The van der Waals surface area contributed by atoms with Gasteiger partial charge in [-0.1, -0.05) is 83.1 Å². The topological polar surface area (TPSA) is 128 Å². The molecule has 0 aromatic heterocycles. The molecular formula is C31H48N4O6S. The van der Waals surface area contributed by atoms with Gasteiger partial charge >= 0.3 is 0 Å². The highest BCUT2D eigenvalue weighted by atomic mass is 32.2. The van der Waals surface area contributed by atoms with Gasteiger partial charge in [-0.3, -0.25) is 15.0 Å². The zero-order chi connectivity index (χ0) is 31.3. The van der Waals surface area contributed by atoms with E-state index in [0.29, 0.717) is 13.2 Å². The lowest BCUT2D eigenvalue weighted by Crippen LogP contribution is -2.60. The Kier molecular flexibility index (Phi) is 14.1. The molecule has 234 valence electrons. The van der Waals surface area contributed by atoms with Crippen LogP contribution in [-0.4, -0.2) is 86.7 Å². The molecule has 3 N–H and O–H groups in total. The minimum Gasteiger partial charge on any atom is -0.390 e. The third-order valence-corrected chi connectivity index (χ3v) is 8.21. The largest absolute Gasteiger partial charge is 0.390 e. The average molecular weight is 605 g/mol. The van der Waals surface area contributed by atoms with Crippen molar-refractivity contribution in [2.45, 2.75) is 64.5 Å². The molecular weight excluding hydrogens is 556 g/mol. The van der Waals surface area contributed by atoms with Gasteiger partial charge in [0.05, 0.1) is 30.2 Å². The monoisotopic (exact) mass is 604 g/mol. The molecule has 0 saturated heterocycles. The lowest BCUT2D eigenvalue weighted by molar-refractivity contribution is -0.149. The minimum absolute atomic E-state index is 0.0280. The Bertz CT molecular complexity index is 1200. The lowest BCUT2D eigenvalue weighted by atomic mass is 9.91. The normalized spacial score (nSPS) is 13.6. The van der Waals surface area contributed by atoms with E-state index in [-0.39, 0.29) is 49.2 Å². The molecule has 0 bridgehead atoms. The van der Waals surface area contributed by atoms with E-state index in [1.165, 1.54) is 21.4 Å². The number of ether oxygens (including phenoxy) is 1. The number of amides is 2. The fraction of sp³-hybridized carbons (Fsp3) is 0.548. The third kappa shape index (κ3) is 11.8. The van der Waals surface area contributed by atoms with E-state index in [4.69, 9.17) is 4.74 Å². The van der Waals surface area contributed by atoms with E-state index in [1.807, 2.05) is 65.0 Å². The maximum Gasteiger partial charge on any atom is 0.252 e. The maximum absolute atomic E-state index is 13.7. The van der Waals surface area contributed by atoms with Crippen LogP contribution in [-0.2, 0) is 30.8 Å². The number of nitrogens with one attached hydrogen (secondary N) is 2. The highest BCUT2D eigenvalue weighted by Crippen LogP contribution is 2.24. The molecule has 2 amide bonds. The van der Waals surface area contributed by atoms with Gasteiger partial charge in [-0.25, -0.2) is 13.4 Å². The summed E-state index contributed by atoms with van der Waals surface area (Å²) in [6.07, 6.45) is -1.04. The number of rotatable bonds is 16. The number of hydrogen-bond acceptors (Lipinski definition) is 7. The molecule has 10 nitrogen and oxygen atoms in total. The second kappa shape index (κ2) is 16.7. The molecule has 42 heavy (non-hydrogen) atoms. The number of aliphatic hydroxyl groups excluding tert-OH is 1. The molecule has 0 aliphatic carbocycles. The summed E-state index contributed by atoms with van der Waals surface area (Å²) in [7, 11) is -2.39. The van der Waals surface area contributed by atoms with Gasteiger partial charge in [-0.05, 0) is 35.4 Å². The van der Waals surface area contributed by atoms with Gasteiger partial charge in [0.1, 0.15) is 0 Å². The summed E-state index contributed by atoms with van der Waals surface area (Å²) in [4.78, 5) is 26.8. The standard InChI is InChI=1S/C31H48N4O6S/c1-24(2)22-34(42(39,40)26-15-11-8-12-16-26)23-28(36)27(19-25-13-9-7-10-14-25)35(30(38)20-31(3,4)5)33-29(37)21-32-17-18-41-6/h7-16,24,27-28,32,36H,17-23H2,1-6H3,(H,33,37)/t27?,28-/m1/s1. The van der Waals surface area contributed by atoms with Crippen LogP contribution < -0.4 is 10.7 Å². The molecule has 2 atom stereocenters. The fourth-order valence-corrected chi connectivity index (χ4v) is 6.07. The molecule has 1 unspecified atom stereocenters. The van der Waals surface area contributed by atoms with Crippen LogP contribution in [0.5, 0.6) is 0 Å². The van der Waals surface area contributed by atoms with Crippen LogP contribution in [0, 0.1) is 11.3 Å². The van der Waals surface area contributed by atoms with Crippen molar-refractivity contribution in [3.05, 3.63) is 66.2 Å². The van der Waals surface area contributed by atoms with Crippen molar-refractivity contribution in [2.75, 3.05) is 39.9 Å². The number of carbonyl (C=O) groups is 2. The molecule has 0 spiro atoms. The van der Waals surface area contributed by atoms with Crippen LogP contribution in [0.2, 0.25) is 0 Å². The Balaban J connectivity index is 2.48. The average Bonchev–Trinajstić information content (AvgIpc) is 2.92. The Morgan fingerprint density at radius 3 is 2.12 bits per heavy atom. The molecule has 2 aromatic rings.